The average Bonchev–Trinajstić information content (AvgIpc) is 3.64. The number of aliphatic imine (C=N–C) groups is 2. The van der Waals surface area contributed by atoms with Gasteiger partial charge in [-0.05, 0) is 22.9 Å². The highest BCUT2D eigenvalue weighted by atomic mass is 32.1. The van der Waals surface area contributed by atoms with Gasteiger partial charge >= 0.3 is 0 Å². The molecule has 0 unspecified atom stereocenters. The highest BCUT2D eigenvalue weighted by molar-refractivity contribution is 7.08. The van der Waals surface area contributed by atoms with Crippen molar-refractivity contribution in [3.8, 4) is 23.0 Å². The Morgan fingerprint density at radius 3 is 1.58 bits per heavy atom. The number of hydrogen-bond acceptors (Lipinski definition) is 8. The number of ether oxygens (including phenoxy) is 4. The maximum absolute atomic E-state index is 6.22. The van der Waals surface area contributed by atoms with E-state index in [2.05, 4.69) is 24.3 Å². The molecule has 2 aromatic heterocycles. The first-order chi connectivity index (χ1) is 18.8. The fraction of sp³-hybridized carbons (Fsp3) is 0. The molecule has 0 bridgehead atoms. The lowest BCUT2D eigenvalue weighted by Gasteiger charge is -2.20. The smallest absolute Gasteiger partial charge is 0.180 e. The molecular weight excluding hydrogens is 516 g/mol. The highest BCUT2D eigenvalue weighted by Crippen LogP contribution is 2.47. The molecule has 0 aliphatic carbocycles. The number of nitrogens with zero attached hydrogens (tertiary/aromatic N) is 2. The quantitative estimate of drug-likeness (QED) is 0.225. The van der Waals surface area contributed by atoms with E-state index in [1.807, 2.05) is 58.2 Å². The Morgan fingerprint density at radius 2 is 1.05 bits per heavy atom. The summed E-state index contributed by atoms with van der Waals surface area (Å²) < 4.78 is 24.1. The highest BCUT2D eigenvalue weighted by Gasteiger charge is 2.26. The fourth-order valence-corrected chi connectivity index (χ4v) is 6.05. The van der Waals surface area contributed by atoms with E-state index in [0.29, 0.717) is 45.9 Å². The molecule has 0 atom stereocenters. The van der Waals surface area contributed by atoms with Gasteiger partial charge in [0.25, 0.3) is 0 Å². The third-order valence-corrected chi connectivity index (χ3v) is 7.93. The largest absolute Gasteiger partial charge is 0.456 e. The minimum absolute atomic E-state index is 0.552. The molecule has 0 N–H and O–H groups in total. The first-order valence-corrected chi connectivity index (χ1v) is 13.7. The summed E-state index contributed by atoms with van der Waals surface area (Å²) in [5.74, 6) is 3.85. The topological polar surface area (TPSA) is 61.6 Å². The zero-order valence-corrected chi connectivity index (χ0v) is 21.2. The molecule has 0 saturated heterocycles. The minimum Gasteiger partial charge on any atom is -0.456 e. The molecule has 0 saturated carbocycles. The van der Waals surface area contributed by atoms with Gasteiger partial charge in [-0.25, -0.2) is 0 Å². The third-order valence-electron chi connectivity index (χ3n) is 6.53. The van der Waals surface area contributed by atoms with Gasteiger partial charge in [0.05, 0.1) is 0 Å². The molecule has 3 aliphatic heterocycles. The Hall–Kier alpha value is -4.66. The van der Waals surface area contributed by atoms with Crippen LogP contribution in [0.15, 0.2) is 92.6 Å². The van der Waals surface area contributed by atoms with E-state index >= 15 is 0 Å². The summed E-state index contributed by atoms with van der Waals surface area (Å²) in [6.45, 7) is 0. The maximum Gasteiger partial charge on any atom is 0.180 e. The van der Waals surface area contributed by atoms with Crippen molar-refractivity contribution < 1.29 is 18.9 Å². The van der Waals surface area contributed by atoms with Crippen molar-refractivity contribution in [3.05, 3.63) is 105 Å². The first kappa shape index (κ1) is 21.4. The maximum atomic E-state index is 6.22. The van der Waals surface area contributed by atoms with Gasteiger partial charge in [-0.1, -0.05) is 36.4 Å². The van der Waals surface area contributed by atoms with Crippen molar-refractivity contribution in [1.82, 2.24) is 0 Å². The molecular formula is C30H16N2O4S2. The van der Waals surface area contributed by atoms with Gasteiger partial charge in [0.1, 0.15) is 23.9 Å². The summed E-state index contributed by atoms with van der Waals surface area (Å²) in [4.78, 5) is 10.0. The molecule has 3 aromatic carbocycles. The molecule has 0 spiro atoms. The molecule has 182 valence electrons. The SMILES string of the molecule is C1=Nc2c(C3=COc4cscc4O3)ccc(C3=COc4cscc4O3)c2N=Cc2cccc3cccc1c23. The van der Waals surface area contributed by atoms with Crippen molar-refractivity contribution in [2.75, 3.05) is 0 Å². The van der Waals surface area contributed by atoms with Gasteiger partial charge < -0.3 is 18.9 Å². The second-order valence-electron chi connectivity index (χ2n) is 8.77. The van der Waals surface area contributed by atoms with Crippen LogP contribution in [0, 0.1) is 0 Å². The number of thiophene rings is 2. The van der Waals surface area contributed by atoms with Crippen molar-refractivity contribution >= 4 is 68.8 Å². The van der Waals surface area contributed by atoms with E-state index in [4.69, 9.17) is 28.9 Å². The summed E-state index contributed by atoms with van der Waals surface area (Å²) in [7, 11) is 0. The zero-order chi connectivity index (χ0) is 25.1. The summed E-state index contributed by atoms with van der Waals surface area (Å²) in [5, 5.41) is 9.87. The van der Waals surface area contributed by atoms with Gasteiger partial charge in [-0.3, -0.25) is 9.98 Å². The molecule has 8 heteroatoms. The Bertz CT molecular complexity index is 1760. The molecule has 5 heterocycles. The van der Waals surface area contributed by atoms with Gasteiger partial charge in [-0.15, -0.1) is 22.7 Å². The van der Waals surface area contributed by atoms with E-state index in [1.54, 1.807) is 12.5 Å². The van der Waals surface area contributed by atoms with Gasteiger partial charge in [0.15, 0.2) is 34.5 Å². The van der Waals surface area contributed by atoms with Crippen LogP contribution in [-0.2, 0) is 0 Å². The predicted octanol–water partition coefficient (Wildman–Crippen LogP) is 8.32. The average molecular weight is 533 g/mol. The van der Waals surface area contributed by atoms with E-state index in [0.717, 1.165) is 33.0 Å². The molecule has 8 rings (SSSR count). The van der Waals surface area contributed by atoms with Crippen LogP contribution in [-0.4, -0.2) is 12.4 Å². The number of hydrogen-bond donors (Lipinski definition) is 0. The van der Waals surface area contributed by atoms with Crippen LogP contribution in [0.25, 0.3) is 22.3 Å². The molecule has 3 aliphatic rings. The van der Waals surface area contributed by atoms with Gasteiger partial charge in [0.2, 0.25) is 0 Å². The number of benzene rings is 3. The van der Waals surface area contributed by atoms with Crippen molar-refractivity contribution in [1.29, 1.82) is 0 Å². The lowest BCUT2D eigenvalue weighted by atomic mass is 10.0. The number of rotatable bonds is 2. The lowest BCUT2D eigenvalue weighted by molar-refractivity contribution is 0.386. The summed E-state index contributed by atoms with van der Waals surface area (Å²) in [5.41, 5.74) is 4.78. The van der Waals surface area contributed by atoms with Crippen molar-refractivity contribution in [3.63, 3.8) is 0 Å². The van der Waals surface area contributed by atoms with Crippen LogP contribution in [0.5, 0.6) is 23.0 Å². The first-order valence-electron chi connectivity index (χ1n) is 11.8. The minimum atomic E-state index is 0.552. The van der Waals surface area contributed by atoms with Crippen LogP contribution in [0.3, 0.4) is 0 Å². The van der Waals surface area contributed by atoms with E-state index in [1.165, 1.54) is 22.7 Å². The fourth-order valence-electron chi connectivity index (χ4n) is 4.75. The standard InChI is InChI=1S/C30H16N2O4S2/c1-3-17-4-2-6-19-10-32-30-21(23-12-34-25-14-38-16-27(25)36-23)8-7-20(29(30)31-9-18(5-1)28(17)19)22-11-33-24-13-37-15-26(24)35-22/h1-16H. The molecule has 5 aromatic rings. The van der Waals surface area contributed by atoms with E-state index < -0.39 is 0 Å². The third kappa shape index (κ3) is 3.38. The van der Waals surface area contributed by atoms with Crippen LogP contribution in [0.1, 0.15) is 22.3 Å². The summed E-state index contributed by atoms with van der Waals surface area (Å²) in [6.07, 6.45) is 7.00. The monoisotopic (exact) mass is 532 g/mol. The van der Waals surface area contributed by atoms with Crippen molar-refractivity contribution in [2.45, 2.75) is 0 Å². The van der Waals surface area contributed by atoms with Crippen LogP contribution in [0.4, 0.5) is 11.4 Å². The van der Waals surface area contributed by atoms with E-state index in [9.17, 15) is 0 Å². The van der Waals surface area contributed by atoms with Crippen molar-refractivity contribution in [2.24, 2.45) is 9.98 Å². The summed E-state index contributed by atoms with van der Waals surface area (Å²) in [6, 6.07) is 16.3. The molecule has 6 nitrogen and oxygen atoms in total. The molecule has 0 amide bonds. The number of fused-ring (bicyclic) bond motifs is 3. The Labute approximate surface area is 225 Å². The Kier molecular flexibility index (Phi) is 4.76. The predicted molar refractivity (Wildman–Crippen MR) is 152 cm³/mol. The zero-order valence-electron chi connectivity index (χ0n) is 19.6. The molecule has 0 fully saturated rings. The van der Waals surface area contributed by atoms with Crippen LogP contribution < -0.4 is 18.9 Å². The van der Waals surface area contributed by atoms with Crippen LogP contribution in [0.2, 0.25) is 0 Å². The Balaban J connectivity index is 1.34. The lowest BCUT2D eigenvalue weighted by Crippen LogP contribution is -2.06. The second kappa shape index (κ2) is 8.44. The summed E-state index contributed by atoms with van der Waals surface area (Å²) >= 11 is 3.05. The van der Waals surface area contributed by atoms with E-state index in [-0.39, 0.29) is 0 Å². The molecule has 38 heavy (non-hydrogen) atoms. The Morgan fingerprint density at radius 1 is 0.553 bits per heavy atom. The molecule has 0 radical (unpaired) electrons. The normalized spacial score (nSPS) is 14.7. The van der Waals surface area contributed by atoms with Crippen LogP contribution >= 0.6 is 22.7 Å². The van der Waals surface area contributed by atoms with Gasteiger partial charge in [0, 0.05) is 56.2 Å². The second-order valence-corrected chi connectivity index (χ2v) is 10.3. The van der Waals surface area contributed by atoms with Gasteiger partial charge in [-0.2, -0.15) is 0 Å².